The molecule has 0 bridgehead atoms. The van der Waals surface area contributed by atoms with Crippen molar-refractivity contribution in [3.63, 3.8) is 0 Å². The maximum atomic E-state index is 11.8. The second-order valence-corrected chi connectivity index (χ2v) is 5.98. The maximum absolute atomic E-state index is 11.8. The van der Waals surface area contributed by atoms with E-state index in [-0.39, 0.29) is 12.6 Å². The number of amides is 2. The fourth-order valence-corrected chi connectivity index (χ4v) is 2.18. The summed E-state index contributed by atoms with van der Waals surface area (Å²) < 4.78 is 0. The normalized spacial score (nSPS) is 11.7. The van der Waals surface area contributed by atoms with Gasteiger partial charge in [-0.1, -0.05) is 23.7 Å². The molecule has 0 saturated carbocycles. The van der Waals surface area contributed by atoms with Crippen LogP contribution in [0.5, 0.6) is 0 Å². The van der Waals surface area contributed by atoms with Crippen LogP contribution in [0.4, 0.5) is 10.6 Å². The molecule has 2 rings (SSSR count). The number of aromatic nitrogens is 1. The highest BCUT2D eigenvalue weighted by molar-refractivity contribution is 6.30. The van der Waals surface area contributed by atoms with E-state index in [1.54, 1.807) is 30.5 Å². The number of halogens is 1. The average Bonchev–Trinajstić information content (AvgIpc) is 2.58. The summed E-state index contributed by atoms with van der Waals surface area (Å²) in [5.74, 6) is 0.827. The van der Waals surface area contributed by atoms with Crippen LogP contribution in [0.3, 0.4) is 0 Å². The molecule has 1 aromatic heterocycles. The lowest BCUT2D eigenvalue weighted by molar-refractivity contribution is 0.173. The SMILES string of the molecule is CN(C)c1cc(CNC(=O)NCC(O)c2ccc(Cl)cc2)ccn1. The van der Waals surface area contributed by atoms with Gasteiger partial charge in [0, 0.05) is 38.4 Å². The first-order chi connectivity index (χ1) is 11.5. The second-order valence-electron chi connectivity index (χ2n) is 5.55. The highest BCUT2D eigenvalue weighted by atomic mass is 35.5. The van der Waals surface area contributed by atoms with Gasteiger partial charge >= 0.3 is 6.03 Å². The molecule has 1 atom stereocenters. The van der Waals surface area contributed by atoms with Gasteiger partial charge in [0.25, 0.3) is 0 Å². The van der Waals surface area contributed by atoms with Crippen molar-refractivity contribution in [2.75, 3.05) is 25.5 Å². The summed E-state index contributed by atoms with van der Waals surface area (Å²) in [4.78, 5) is 18.0. The van der Waals surface area contributed by atoms with E-state index in [4.69, 9.17) is 11.6 Å². The minimum absolute atomic E-state index is 0.118. The number of anilines is 1. The third-order valence-electron chi connectivity index (χ3n) is 3.43. The van der Waals surface area contributed by atoms with Gasteiger partial charge in [-0.3, -0.25) is 0 Å². The van der Waals surface area contributed by atoms with E-state index >= 15 is 0 Å². The first-order valence-electron chi connectivity index (χ1n) is 7.53. The molecule has 0 spiro atoms. The minimum atomic E-state index is -0.783. The van der Waals surface area contributed by atoms with E-state index in [1.165, 1.54) is 0 Å². The quantitative estimate of drug-likeness (QED) is 0.748. The summed E-state index contributed by atoms with van der Waals surface area (Å²) in [5, 5.41) is 16.0. The van der Waals surface area contributed by atoms with Crippen LogP contribution in [0.25, 0.3) is 0 Å². The number of pyridine rings is 1. The number of benzene rings is 1. The number of rotatable bonds is 6. The standard InChI is InChI=1S/C17H21ClN4O2/c1-22(2)16-9-12(7-8-19-16)10-20-17(24)21-11-15(23)13-3-5-14(18)6-4-13/h3-9,15,23H,10-11H2,1-2H3,(H2,20,21,24). The number of hydrogen-bond donors (Lipinski definition) is 3. The van der Waals surface area contributed by atoms with Gasteiger partial charge in [-0.15, -0.1) is 0 Å². The van der Waals surface area contributed by atoms with E-state index < -0.39 is 6.10 Å². The Bertz CT molecular complexity index is 677. The molecule has 24 heavy (non-hydrogen) atoms. The summed E-state index contributed by atoms with van der Waals surface area (Å²) >= 11 is 5.81. The van der Waals surface area contributed by atoms with Crippen LogP contribution in [-0.2, 0) is 6.54 Å². The molecule has 6 nitrogen and oxygen atoms in total. The summed E-state index contributed by atoms with van der Waals surface area (Å²) in [6.45, 7) is 0.499. The van der Waals surface area contributed by atoms with E-state index in [0.717, 1.165) is 11.4 Å². The molecular formula is C17H21ClN4O2. The molecule has 0 aliphatic carbocycles. The summed E-state index contributed by atoms with van der Waals surface area (Å²) in [7, 11) is 3.81. The van der Waals surface area contributed by atoms with Crippen molar-refractivity contribution in [1.82, 2.24) is 15.6 Å². The van der Waals surface area contributed by atoms with Crippen LogP contribution in [-0.4, -0.2) is 36.8 Å². The van der Waals surface area contributed by atoms with Gasteiger partial charge in [0.15, 0.2) is 0 Å². The first kappa shape index (κ1) is 18.0. The average molecular weight is 349 g/mol. The smallest absolute Gasteiger partial charge is 0.315 e. The van der Waals surface area contributed by atoms with Crippen molar-refractivity contribution < 1.29 is 9.90 Å². The molecule has 1 unspecified atom stereocenters. The van der Waals surface area contributed by atoms with E-state index in [0.29, 0.717) is 17.1 Å². The van der Waals surface area contributed by atoms with Crippen LogP contribution in [0.2, 0.25) is 5.02 Å². The third-order valence-corrected chi connectivity index (χ3v) is 3.68. The van der Waals surface area contributed by atoms with Crippen LogP contribution < -0.4 is 15.5 Å². The highest BCUT2D eigenvalue weighted by Crippen LogP contribution is 2.15. The van der Waals surface area contributed by atoms with Gasteiger partial charge < -0.3 is 20.6 Å². The molecule has 0 fully saturated rings. The van der Waals surface area contributed by atoms with Crippen LogP contribution in [0, 0.1) is 0 Å². The van der Waals surface area contributed by atoms with Crippen LogP contribution in [0.15, 0.2) is 42.6 Å². The molecule has 1 aromatic carbocycles. The number of nitrogens with one attached hydrogen (secondary N) is 2. The summed E-state index contributed by atoms with van der Waals surface area (Å²) in [5.41, 5.74) is 1.64. The molecule has 1 heterocycles. The highest BCUT2D eigenvalue weighted by Gasteiger charge is 2.09. The number of aliphatic hydroxyl groups excluding tert-OH is 1. The lowest BCUT2D eigenvalue weighted by Gasteiger charge is -2.14. The lowest BCUT2D eigenvalue weighted by atomic mass is 10.1. The predicted octanol–water partition coefficient (Wildman–Crippen LogP) is 2.33. The number of hydrogen-bond acceptors (Lipinski definition) is 4. The van der Waals surface area contributed by atoms with Crippen LogP contribution >= 0.6 is 11.6 Å². The largest absolute Gasteiger partial charge is 0.387 e. The zero-order valence-electron chi connectivity index (χ0n) is 13.7. The van der Waals surface area contributed by atoms with Gasteiger partial charge in [-0.05, 0) is 35.4 Å². The summed E-state index contributed by atoms with van der Waals surface area (Å²) in [6, 6.07) is 10.3. The molecule has 0 radical (unpaired) electrons. The Morgan fingerprint density at radius 1 is 1.25 bits per heavy atom. The molecule has 0 aliphatic heterocycles. The molecule has 0 aliphatic rings. The Hall–Kier alpha value is -2.31. The number of carbonyl (C=O) groups is 1. The van der Waals surface area contributed by atoms with Gasteiger partial charge in [-0.2, -0.15) is 0 Å². The molecular weight excluding hydrogens is 328 g/mol. The zero-order chi connectivity index (χ0) is 17.5. The van der Waals surface area contributed by atoms with Crippen molar-refractivity contribution in [3.8, 4) is 0 Å². The van der Waals surface area contributed by atoms with Crippen molar-refractivity contribution in [2.45, 2.75) is 12.6 Å². The van der Waals surface area contributed by atoms with Crippen LogP contribution in [0.1, 0.15) is 17.2 Å². The Labute approximate surface area is 146 Å². The van der Waals surface area contributed by atoms with Gasteiger partial charge in [0.1, 0.15) is 5.82 Å². The molecule has 2 aromatic rings. The first-order valence-corrected chi connectivity index (χ1v) is 7.91. The molecule has 3 N–H and O–H groups in total. The Morgan fingerprint density at radius 3 is 2.62 bits per heavy atom. The van der Waals surface area contributed by atoms with E-state index in [1.807, 2.05) is 31.1 Å². The third kappa shape index (κ3) is 5.40. The topological polar surface area (TPSA) is 77.5 Å². The molecule has 7 heteroatoms. The molecule has 0 saturated heterocycles. The predicted molar refractivity (Wildman–Crippen MR) is 95.2 cm³/mol. The lowest BCUT2D eigenvalue weighted by Crippen LogP contribution is -2.37. The van der Waals surface area contributed by atoms with Crippen molar-refractivity contribution in [3.05, 3.63) is 58.7 Å². The molecule has 2 amide bonds. The van der Waals surface area contributed by atoms with Gasteiger partial charge in [0.2, 0.25) is 0 Å². The number of nitrogens with zero attached hydrogens (tertiary/aromatic N) is 2. The number of aliphatic hydroxyl groups is 1. The Morgan fingerprint density at radius 2 is 1.96 bits per heavy atom. The van der Waals surface area contributed by atoms with Gasteiger partial charge in [-0.25, -0.2) is 9.78 Å². The van der Waals surface area contributed by atoms with Crippen molar-refractivity contribution >= 4 is 23.4 Å². The Kier molecular flexibility index (Phi) is 6.40. The Balaban J connectivity index is 1.79. The fraction of sp³-hybridized carbons (Fsp3) is 0.294. The van der Waals surface area contributed by atoms with E-state index in [9.17, 15) is 9.90 Å². The van der Waals surface area contributed by atoms with E-state index in [2.05, 4.69) is 15.6 Å². The maximum Gasteiger partial charge on any atom is 0.315 e. The number of carbonyl (C=O) groups excluding carboxylic acids is 1. The number of urea groups is 1. The second kappa shape index (κ2) is 8.52. The monoisotopic (exact) mass is 348 g/mol. The zero-order valence-corrected chi connectivity index (χ0v) is 14.4. The minimum Gasteiger partial charge on any atom is -0.387 e. The summed E-state index contributed by atoms with van der Waals surface area (Å²) in [6.07, 6.45) is 0.920. The van der Waals surface area contributed by atoms with Crippen molar-refractivity contribution in [2.24, 2.45) is 0 Å². The fourth-order valence-electron chi connectivity index (χ4n) is 2.05. The molecule has 128 valence electrons. The van der Waals surface area contributed by atoms with Gasteiger partial charge in [0.05, 0.1) is 6.10 Å². The van der Waals surface area contributed by atoms with Crippen molar-refractivity contribution in [1.29, 1.82) is 0 Å².